The van der Waals surface area contributed by atoms with E-state index in [2.05, 4.69) is 0 Å². The molecule has 0 amide bonds. The van der Waals surface area contributed by atoms with Crippen molar-refractivity contribution in [2.75, 3.05) is 0 Å². The summed E-state index contributed by atoms with van der Waals surface area (Å²) in [5.74, 6) is -10.2. The molecule has 184 valence electrons. The first-order chi connectivity index (χ1) is 15.1. The molecule has 4 aliphatic rings. The summed E-state index contributed by atoms with van der Waals surface area (Å²) in [4.78, 5) is 25.8. The maximum Gasteiger partial charge on any atom is 0.211 e. The van der Waals surface area contributed by atoms with Gasteiger partial charge >= 0.3 is 0 Å². The van der Waals surface area contributed by atoms with Gasteiger partial charge in [-0.25, -0.2) is 0 Å². The van der Waals surface area contributed by atoms with Crippen LogP contribution in [0.3, 0.4) is 0 Å². The SMILES string of the molecule is CC1C2C(O)CC(O)C(O)C2C(=O)C2=C(O)C3(O)C(O)=C(C(O)O)C(=O)CC3(O)C(O)C21O. The predicted molar refractivity (Wildman–Crippen MR) is 102 cm³/mol. The average Bonchev–Trinajstić information content (AvgIpc) is 2.71. The third kappa shape index (κ3) is 2.56. The van der Waals surface area contributed by atoms with Crippen LogP contribution < -0.4 is 0 Å². The zero-order valence-corrected chi connectivity index (χ0v) is 17.3. The molecule has 2 fully saturated rings. The van der Waals surface area contributed by atoms with Crippen LogP contribution in [0.4, 0.5) is 0 Å². The van der Waals surface area contributed by atoms with E-state index in [1.165, 1.54) is 6.92 Å². The molecule has 13 nitrogen and oxygen atoms in total. The minimum Gasteiger partial charge on any atom is -0.508 e. The van der Waals surface area contributed by atoms with E-state index in [1.807, 2.05) is 0 Å². The molecule has 13 heteroatoms. The third-order valence-electron chi connectivity index (χ3n) is 7.99. The van der Waals surface area contributed by atoms with E-state index < -0.39 is 106 Å². The number of rotatable bonds is 1. The van der Waals surface area contributed by atoms with Gasteiger partial charge in [0, 0.05) is 18.8 Å². The van der Waals surface area contributed by atoms with Gasteiger partial charge in [0.25, 0.3) is 0 Å². The highest BCUT2D eigenvalue weighted by Crippen LogP contribution is 2.60. The summed E-state index contributed by atoms with van der Waals surface area (Å²) in [5, 5.41) is 116. The van der Waals surface area contributed by atoms with Crippen molar-refractivity contribution >= 4 is 11.6 Å². The van der Waals surface area contributed by atoms with E-state index in [1.54, 1.807) is 0 Å². The highest BCUT2D eigenvalue weighted by molar-refractivity contribution is 6.04. The van der Waals surface area contributed by atoms with E-state index in [9.17, 15) is 65.8 Å². The number of carbonyl (C=O) groups excluding carboxylic acids is 2. The molecule has 0 bridgehead atoms. The fourth-order valence-electron chi connectivity index (χ4n) is 6.22. The van der Waals surface area contributed by atoms with Crippen molar-refractivity contribution < 1.29 is 65.8 Å². The van der Waals surface area contributed by atoms with Crippen molar-refractivity contribution in [1.29, 1.82) is 0 Å². The molecule has 0 radical (unpaired) electrons. The summed E-state index contributed by atoms with van der Waals surface area (Å²) in [6.45, 7) is 1.23. The van der Waals surface area contributed by atoms with Crippen molar-refractivity contribution in [2.24, 2.45) is 17.8 Å². The quantitative estimate of drug-likeness (QED) is 0.160. The minimum absolute atomic E-state index is 0.384. The van der Waals surface area contributed by atoms with E-state index >= 15 is 0 Å². The summed E-state index contributed by atoms with van der Waals surface area (Å²) in [6, 6.07) is 0. The Morgan fingerprint density at radius 3 is 2.06 bits per heavy atom. The van der Waals surface area contributed by atoms with E-state index in [4.69, 9.17) is 0 Å². The van der Waals surface area contributed by atoms with Gasteiger partial charge in [-0.2, -0.15) is 0 Å². The van der Waals surface area contributed by atoms with E-state index in [-0.39, 0.29) is 6.42 Å². The third-order valence-corrected chi connectivity index (χ3v) is 7.99. The summed E-state index contributed by atoms with van der Waals surface area (Å²) in [5.41, 5.74) is -12.0. The highest BCUT2D eigenvalue weighted by atomic mass is 16.5. The largest absolute Gasteiger partial charge is 0.508 e. The van der Waals surface area contributed by atoms with Gasteiger partial charge in [-0.15, -0.1) is 0 Å². The monoisotopic (exact) mass is 474 g/mol. The summed E-state index contributed by atoms with van der Waals surface area (Å²) in [7, 11) is 0. The summed E-state index contributed by atoms with van der Waals surface area (Å²) < 4.78 is 0. The predicted octanol–water partition coefficient (Wildman–Crippen LogP) is -4.60. The normalized spacial score (nSPS) is 50.3. The van der Waals surface area contributed by atoms with Gasteiger partial charge < -0.3 is 56.2 Å². The van der Waals surface area contributed by atoms with E-state index in [0.29, 0.717) is 0 Å². The molecule has 10 unspecified atom stereocenters. The van der Waals surface area contributed by atoms with Crippen molar-refractivity contribution in [3.63, 3.8) is 0 Å². The van der Waals surface area contributed by atoms with Crippen LogP contribution in [0.25, 0.3) is 0 Å². The van der Waals surface area contributed by atoms with Crippen molar-refractivity contribution in [3.8, 4) is 0 Å². The van der Waals surface area contributed by atoms with Crippen LogP contribution in [0.1, 0.15) is 19.8 Å². The van der Waals surface area contributed by atoms with Crippen LogP contribution in [0.15, 0.2) is 22.7 Å². The first kappa shape index (κ1) is 24.2. The second-order valence-corrected chi connectivity index (χ2v) is 9.44. The molecule has 0 saturated heterocycles. The van der Waals surface area contributed by atoms with Gasteiger partial charge in [-0.3, -0.25) is 9.59 Å². The van der Waals surface area contributed by atoms with Crippen LogP contribution in [0.5, 0.6) is 0 Å². The number of Topliss-reactive ketones (excluding diaryl/α,β-unsaturated/α-hetero) is 2. The van der Waals surface area contributed by atoms with Crippen molar-refractivity contribution in [2.45, 2.75) is 67.3 Å². The lowest BCUT2D eigenvalue weighted by Crippen LogP contribution is -2.79. The van der Waals surface area contributed by atoms with Gasteiger partial charge in [-0.05, 0) is 5.92 Å². The van der Waals surface area contributed by atoms with Crippen LogP contribution in [-0.4, -0.2) is 115 Å². The molecule has 0 spiro atoms. The highest BCUT2D eigenvalue weighted by Gasteiger charge is 2.77. The van der Waals surface area contributed by atoms with Gasteiger partial charge in [-0.1, -0.05) is 6.92 Å². The van der Waals surface area contributed by atoms with Gasteiger partial charge in [0.15, 0.2) is 17.9 Å². The Morgan fingerprint density at radius 2 is 1.52 bits per heavy atom. The molecule has 4 aliphatic carbocycles. The van der Waals surface area contributed by atoms with E-state index in [0.717, 1.165) is 0 Å². The second-order valence-electron chi connectivity index (χ2n) is 9.44. The molecule has 33 heavy (non-hydrogen) atoms. The second kappa shape index (κ2) is 7.04. The van der Waals surface area contributed by atoms with Gasteiger partial charge in [0.1, 0.15) is 28.8 Å². The minimum atomic E-state index is -3.53. The summed E-state index contributed by atoms with van der Waals surface area (Å²) in [6.07, 6.45) is -11.8. The number of ketones is 2. The first-order valence-electron chi connectivity index (χ1n) is 10.3. The Bertz CT molecular complexity index is 986. The Labute approximate surface area is 185 Å². The molecule has 11 N–H and O–H groups in total. The van der Waals surface area contributed by atoms with Gasteiger partial charge in [0.2, 0.25) is 5.60 Å². The van der Waals surface area contributed by atoms with Crippen LogP contribution in [-0.2, 0) is 9.59 Å². The molecule has 4 rings (SSSR count). The first-order valence-corrected chi connectivity index (χ1v) is 10.3. The molecule has 0 aromatic heterocycles. The molecule has 2 saturated carbocycles. The topological polar surface area (TPSA) is 257 Å². The van der Waals surface area contributed by atoms with Crippen molar-refractivity contribution in [3.05, 3.63) is 22.7 Å². The fourth-order valence-corrected chi connectivity index (χ4v) is 6.22. The lowest BCUT2D eigenvalue weighted by Gasteiger charge is -2.61. The van der Waals surface area contributed by atoms with Gasteiger partial charge in [0.05, 0.1) is 35.4 Å². The Balaban J connectivity index is 2.05. The molecule has 0 aliphatic heterocycles. The standard InChI is InChI=1S/C20H26O13/c1-4-8-5(21)2-6(22)12(24)10(8)13(25)11-15(27)20(33)14(26)9(16(28)29)7(23)3-18(20,31)17(30)19(4,11)32/h4-6,8,10,12,16-17,21-22,24,26-33H,2-3H2,1H3. The Kier molecular flexibility index (Phi) is 5.16. The number of hydrogen-bond donors (Lipinski definition) is 11. The van der Waals surface area contributed by atoms with Crippen LogP contribution >= 0.6 is 0 Å². The Hall–Kier alpha value is -1.94. The summed E-state index contributed by atoms with van der Waals surface area (Å²) >= 11 is 0. The van der Waals surface area contributed by atoms with Crippen LogP contribution in [0.2, 0.25) is 0 Å². The fraction of sp³-hybridized carbons (Fsp3) is 0.700. The number of carbonyl (C=O) groups is 2. The lowest BCUT2D eigenvalue weighted by molar-refractivity contribution is -0.272. The van der Waals surface area contributed by atoms with Crippen molar-refractivity contribution in [1.82, 2.24) is 0 Å². The smallest absolute Gasteiger partial charge is 0.211 e. The van der Waals surface area contributed by atoms with Crippen LogP contribution in [0, 0.1) is 17.8 Å². The number of aliphatic hydroxyl groups excluding tert-OH is 7. The zero-order valence-electron chi connectivity index (χ0n) is 17.3. The molecule has 0 heterocycles. The molecule has 10 atom stereocenters. The Morgan fingerprint density at radius 1 is 0.939 bits per heavy atom. The molecular weight excluding hydrogens is 448 g/mol. The maximum atomic E-state index is 13.4. The number of hydrogen-bond acceptors (Lipinski definition) is 13. The molecule has 0 aromatic rings. The zero-order chi connectivity index (χ0) is 25.0. The maximum absolute atomic E-state index is 13.4. The number of aliphatic hydroxyl groups is 11. The molecular formula is C20H26O13. The number of fused-ring (bicyclic) bond motifs is 3. The average molecular weight is 474 g/mol. The lowest BCUT2D eigenvalue weighted by atomic mass is 9.48. The molecule has 0 aromatic carbocycles.